The summed E-state index contributed by atoms with van der Waals surface area (Å²) in [5, 5.41) is 9.13. The third kappa shape index (κ3) is 2.43. The van der Waals surface area contributed by atoms with Gasteiger partial charge in [-0.1, -0.05) is 0 Å². The van der Waals surface area contributed by atoms with Crippen LogP contribution in [0.2, 0.25) is 0 Å². The highest BCUT2D eigenvalue weighted by Gasteiger charge is 2.37. The van der Waals surface area contributed by atoms with E-state index in [1.165, 1.54) is 0 Å². The summed E-state index contributed by atoms with van der Waals surface area (Å²) in [4.78, 5) is -0.787. The number of hydrogen-bond donors (Lipinski definition) is 2. The van der Waals surface area contributed by atoms with E-state index in [9.17, 15) is 17.2 Å². The van der Waals surface area contributed by atoms with Gasteiger partial charge in [0, 0.05) is 18.3 Å². The van der Waals surface area contributed by atoms with E-state index in [2.05, 4.69) is 0 Å². The van der Waals surface area contributed by atoms with Crippen molar-refractivity contribution in [1.82, 2.24) is 4.31 Å². The first kappa shape index (κ1) is 14.2. The third-order valence-corrected chi connectivity index (χ3v) is 5.09. The second kappa shape index (κ2) is 5.03. The van der Waals surface area contributed by atoms with Crippen molar-refractivity contribution >= 4 is 15.7 Å². The zero-order chi connectivity index (χ0) is 14.2. The van der Waals surface area contributed by atoms with Gasteiger partial charge in [0.1, 0.15) is 4.90 Å². The average molecular weight is 292 g/mol. The van der Waals surface area contributed by atoms with Crippen molar-refractivity contribution < 1.29 is 22.3 Å². The lowest BCUT2D eigenvalue weighted by molar-refractivity contribution is 0.213. The van der Waals surface area contributed by atoms with E-state index in [4.69, 9.17) is 10.8 Å². The van der Waals surface area contributed by atoms with Gasteiger partial charge in [-0.3, -0.25) is 0 Å². The van der Waals surface area contributed by atoms with Crippen molar-refractivity contribution in [3.63, 3.8) is 0 Å². The van der Waals surface area contributed by atoms with Gasteiger partial charge in [0.15, 0.2) is 11.6 Å². The fourth-order valence-electron chi connectivity index (χ4n) is 2.21. The summed E-state index contributed by atoms with van der Waals surface area (Å²) < 4.78 is 52.5. The van der Waals surface area contributed by atoms with Crippen LogP contribution in [0.1, 0.15) is 12.8 Å². The highest BCUT2D eigenvalue weighted by atomic mass is 32.2. The number of nitrogens with two attached hydrogens (primary N) is 1. The van der Waals surface area contributed by atoms with Crippen LogP contribution in [0, 0.1) is 11.6 Å². The maximum atomic E-state index is 13.7. The van der Waals surface area contributed by atoms with Gasteiger partial charge in [-0.2, -0.15) is 4.31 Å². The minimum Gasteiger partial charge on any atom is -0.399 e. The lowest BCUT2D eigenvalue weighted by atomic mass is 10.2. The Balaban J connectivity index is 2.51. The van der Waals surface area contributed by atoms with Crippen molar-refractivity contribution in [2.45, 2.75) is 23.8 Å². The number of aliphatic hydroxyl groups is 1. The first-order valence-electron chi connectivity index (χ1n) is 5.75. The summed E-state index contributed by atoms with van der Waals surface area (Å²) in [5.74, 6) is -2.75. The predicted octanol–water partition coefficient (Wildman–Crippen LogP) is 0.692. The standard InChI is InChI=1S/C11H14F2N2O3S/c12-9-4-7(14)5-10(11(9)13)19(17,18)15-3-1-2-8(15)6-16/h4-5,8,16H,1-3,6,14H2/t8-/m0/s1. The maximum absolute atomic E-state index is 13.7. The summed E-state index contributed by atoms with van der Waals surface area (Å²) in [6, 6.07) is 1.01. The van der Waals surface area contributed by atoms with E-state index in [0.29, 0.717) is 12.8 Å². The Kier molecular flexibility index (Phi) is 3.75. The minimum atomic E-state index is -4.20. The Morgan fingerprint density at radius 2 is 2.11 bits per heavy atom. The van der Waals surface area contributed by atoms with Crippen LogP contribution < -0.4 is 5.73 Å². The summed E-state index contributed by atoms with van der Waals surface area (Å²) in [6.45, 7) is -0.185. The minimum absolute atomic E-state index is 0.169. The van der Waals surface area contributed by atoms with Crippen LogP contribution in [0.4, 0.5) is 14.5 Å². The zero-order valence-electron chi connectivity index (χ0n) is 10.0. The third-order valence-electron chi connectivity index (χ3n) is 3.14. The quantitative estimate of drug-likeness (QED) is 0.803. The van der Waals surface area contributed by atoms with Gasteiger partial charge in [0.05, 0.1) is 6.61 Å². The van der Waals surface area contributed by atoms with Gasteiger partial charge in [-0.15, -0.1) is 0 Å². The van der Waals surface area contributed by atoms with Gasteiger partial charge in [-0.05, 0) is 25.0 Å². The summed E-state index contributed by atoms with van der Waals surface area (Å²) in [7, 11) is -4.20. The molecule has 0 unspecified atom stereocenters. The lowest BCUT2D eigenvalue weighted by Gasteiger charge is -2.22. The summed E-state index contributed by atoms with van der Waals surface area (Å²) in [6.07, 6.45) is 1.05. The Morgan fingerprint density at radius 1 is 1.42 bits per heavy atom. The van der Waals surface area contributed by atoms with Gasteiger partial charge in [0.25, 0.3) is 0 Å². The number of sulfonamides is 1. The largest absolute Gasteiger partial charge is 0.399 e. The number of hydrogen-bond acceptors (Lipinski definition) is 4. The fourth-order valence-corrected chi connectivity index (χ4v) is 4.00. The molecule has 1 atom stereocenters. The molecule has 1 saturated heterocycles. The van der Waals surface area contributed by atoms with Gasteiger partial charge in [-0.25, -0.2) is 17.2 Å². The average Bonchev–Trinajstić information content (AvgIpc) is 2.82. The highest BCUT2D eigenvalue weighted by Crippen LogP contribution is 2.29. The van der Waals surface area contributed by atoms with Gasteiger partial charge >= 0.3 is 0 Å². The molecule has 0 aromatic heterocycles. The number of benzene rings is 1. The van der Waals surface area contributed by atoms with Crippen LogP contribution in [-0.2, 0) is 10.0 Å². The van der Waals surface area contributed by atoms with Crippen molar-refractivity contribution in [2.75, 3.05) is 18.9 Å². The molecule has 1 fully saturated rings. The molecule has 1 aliphatic heterocycles. The molecule has 1 aromatic carbocycles. The number of halogens is 2. The molecule has 106 valence electrons. The second-order valence-electron chi connectivity index (χ2n) is 4.41. The van der Waals surface area contributed by atoms with Crippen LogP contribution in [0.25, 0.3) is 0 Å². The molecule has 2 rings (SSSR count). The van der Waals surface area contributed by atoms with E-state index >= 15 is 0 Å². The fraction of sp³-hybridized carbons (Fsp3) is 0.455. The molecular formula is C11H14F2N2O3S. The number of aliphatic hydroxyl groups excluding tert-OH is 1. The number of rotatable bonds is 3. The molecule has 3 N–H and O–H groups in total. The van der Waals surface area contributed by atoms with E-state index in [-0.39, 0.29) is 18.8 Å². The second-order valence-corrected chi connectivity index (χ2v) is 6.27. The van der Waals surface area contributed by atoms with Crippen LogP contribution in [0.15, 0.2) is 17.0 Å². The Hall–Kier alpha value is -1.25. The monoisotopic (exact) mass is 292 g/mol. The van der Waals surface area contributed by atoms with Crippen molar-refractivity contribution in [3.8, 4) is 0 Å². The van der Waals surface area contributed by atoms with Crippen molar-refractivity contribution in [2.24, 2.45) is 0 Å². The summed E-state index contributed by atoms with van der Waals surface area (Å²) >= 11 is 0. The maximum Gasteiger partial charge on any atom is 0.246 e. The number of nitrogens with zero attached hydrogens (tertiary/aromatic N) is 1. The Bertz CT molecular complexity index is 592. The lowest BCUT2D eigenvalue weighted by Crippen LogP contribution is -2.38. The number of nitrogen functional groups attached to an aromatic ring is 1. The zero-order valence-corrected chi connectivity index (χ0v) is 10.8. The molecule has 1 aromatic rings. The Morgan fingerprint density at radius 3 is 2.74 bits per heavy atom. The van der Waals surface area contributed by atoms with Crippen LogP contribution in [-0.4, -0.2) is 37.0 Å². The van der Waals surface area contributed by atoms with Gasteiger partial charge < -0.3 is 10.8 Å². The number of anilines is 1. The molecule has 0 saturated carbocycles. The molecule has 0 aliphatic carbocycles. The molecule has 0 bridgehead atoms. The highest BCUT2D eigenvalue weighted by molar-refractivity contribution is 7.89. The molecule has 5 nitrogen and oxygen atoms in total. The van der Waals surface area contributed by atoms with Crippen LogP contribution in [0.3, 0.4) is 0 Å². The Labute approximate surface area is 109 Å². The van der Waals surface area contributed by atoms with Crippen molar-refractivity contribution in [3.05, 3.63) is 23.8 Å². The van der Waals surface area contributed by atoms with Crippen LogP contribution >= 0.6 is 0 Å². The van der Waals surface area contributed by atoms with E-state index in [1.54, 1.807) is 0 Å². The first-order chi connectivity index (χ1) is 8.87. The molecule has 1 aliphatic rings. The van der Waals surface area contributed by atoms with E-state index < -0.39 is 32.6 Å². The molecule has 0 spiro atoms. The predicted molar refractivity (Wildman–Crippen MR) is 64.8 cm³/mol. The first-order valence-corrected chi connectivity index (χ1v) is 7.19. The van der Waals surface area contributed by atoms with Gasteiger partial charge in [0.2, 0.25) is 10.0 Å². The smallest absolute Gasteiger partial charge is 0.246 e. The van der Waals surface area contributed by atoms with E-state index in [0.717, 1.165) is 16.4 Å². The normalized spacial score (nSPS) is 20.9. The molecule has 8 heteroatoms. The van der Waals surface area contributed by atoms with Crippen LogP contribution in [0.5, 0.6) is 0 Å². The molecule has 0 radical (unpaired) electrons. The summed E-state index contributed by atoms with van der Waals surface area (Å²) in [5.41, 5.74) is 5.18. The molecule has 0 amide bonds. The topological polar surface area (TPSA) is 83.6 Å². The molecular weight excluding hydrogens is 278 g/mol. The van der Waals surface area contributed by atoms with E-state index in [1.807, 2.05) is 0 Å². The molecule has 19 heavy (non-hydrogen) atoms. The SMILES string of the molecule is Nc1cc(F)c(F)c(S(=O)(=O)N2CCC[C@H]2CO)c1. The molecule has 1 heterocycles. The van der Waals surface area contributed by atoms with Crippen molar-refractivity contribution in [1.29, 1.82) is 0 Å².